The molecule has 1 aromatic carbocycles. The van der Waals surface area contributed by atoms with Crippen LogP contribution in [0, 0.1) is 17.6 Å². The van der Waals surface area contributed by atoms with Crippen molar-refractivity contribution >= 4 is 27.5 Å². The molecule has 2 nitrogen and oxygen atoms in total. The van der Waals surface area contributed by atoms with Crippen LogP contribution in [-0.2, 0) is 4.79 Å². The van der Waals surface area contributed by atoms with Crippen molar-refractivity contribution in [3.05, 3.63) is 29.8 Å². The Hall–Kier alpha value is -0.970. The smallest absolute Gasteiger partial charge is 0.227 e. The number of nitrogens with zero attached hydrogens (tertiary/aromatic N) is 1. The number of benzene rings is 1. The molecule has 2 rings (SSSR count). The van der Waals surface area contributed by atoms with Gasteiger partial charge in [0.05, 0.1) is 5.69 Å². The zero-order chi connectivity index (χ0) is 11.7. The molecule has 16 heavy (non-hydrogen) atoms. The molecule has 0 saturated carbocycles. The van der Waals surface area contributed by atoms with E-state index in [0.717, 1.165) is 6.07 Å². The fraction of sp³-hybridized carbons (Fsp3) is 0.364. The molecule has 1 aliphatic rings. The number of amides is 1. The van der Waals surface area contributed by atoms with E-state index in [1.165, 1.54) is 17.0 Å². The van der Waals surface area contributed by atoms with Crippen molar-refractivity contribution in [1.29, 1.82) is 0 Å². The zero-order valence-corrected chi connectivity index (χ0v) is 10.0. The van der Waals surface area contributed by atoms with Crippen molar-refractivity contribution in [1.82, 2.24) is 0 Å². The predicted molar refractivity (Wildman–Crippen MR) is 60.6 cm³/mol. The standard InChI is InChI=1S/C11H10BrF2NO/c12-5-7-4-10(16)15(6-7)9-3-1-2-8(13)11(9)14/h1-3,7H,4-6H2. The number of hydrogen-bond donors (Lipinski definition) is 0. The monoisotopic (exact) mass is 289 g/mol. The number of rotatable bonds is 2. The van der Waals surface area contributed by atoms with Crippen LogP contribution in [0.15, 0.2) is 18.2 Å². The second kappa shape index (κ2) is 4.49. The summed E-state index contributed by atoms with van der Waals surface area (Å²) in [6.07, 6.45) is 0.376. The SMILES string of the molecule is O=C1CC(CBr)CN1c1cccc(F)c1F. The van der Waals surface area contributed by atoms with Crippen LogP contribution >= 0.6 is 15.9 Å². The number of carbonyl (C=O) groups excluding carboxylic acids is 1. The highest BCUT2D eigenvalue weighted by atomic mass is 79.9. The average molecular weight is 290 g/mol. The van der Waals surface area contributed by atoms with Crippen LogP contribution < -0.4 is 4.90 Å². The van der Waals surface area contributed by atoms with Gasteiger partial charge < -0.3 is 4.90 Å². The summed E-state index contributed by atoms with van der Waals surface area (Å²) in [5.41, 5.74) is 0.0356. The Bertz CT molecular complexity index is 424. The van der Waals surface area contributed by atoms with E-state index in [4.69, 9.17) is 0 Å². The van der Waals surface area contributed by atoms with E-state index in [2.05, 4.69) is 15.9 Å². The molecule has 1 aliphatic heterocycles. The average Bonchev–Trinajstić information content (AvgIpc) is 2.64. The third kappa shape index (κ3) is 1.96. The fourth-order valence-corrected chi connectivity index (χ4v) is 2.25. The summed E-state index contributed by atoms with van der Waals surface area (Å²) in [7, 11) is 0. The first-order valence-corrected chi connectivity index (χ1v) is 6.06. The number of carbonyl (C=O) groups is 1. The molecule has 1 aromatic rings. The van der Waals surface area contributed by atoms with Gasteiger partial charge in [-0.1, -0.05) is 22.0 Å². The number of alkyl halides is 1. The summed E-state index contributed by atoms with van der Waals surface area (Å²) in [4.78, 5) is 12.9. The van der Waals surface area contributed by atoms with E-state index < -0.39 is 11.6 Å². The van der Waals surface area contributed by atoms with E-state index in [1.807, 2.05) is 0 Å². The molecule has 1 saturated heterocycles. The van der Waals surface area contributed by atoms with Gasteiger partial charge in [0.25, 0.3) is 0 Å². The maximum atomic E-state index is 13.5. The topological polar surface area (TPSA) is 20.3 Å². The van der Waals surface area contributed by atoms with E-state index >= 15 is 0 Å². The van der Waals surface area contributed by atoms with Crippen LogP contribution in [0.3, 0.4) is 0 Å². The Kier molecular flexibility index (Phi) is 3.23. The van der Waals surface area contributed by atoms with Crippen molar-refractivity contribution in [3.8, 4) is 0 Å². The lowest BCUT2D eigenvalue weighted by Crippen LogP contribution is -2.25. The molecule has 86 valence electrons. The molecule has 0 radical (unpaired) electrons. The van der Waals surface area contributed by atoms with Gasteiger partial charge in [0.2, 0.25) is 5.91 Å². The van der Waals surface area contributed by atoms with Gasteiger partial charge >= 0.3 is 0 Å². The first kappa shape index (κ1) is 11.5. The van der Waals surface area contributed by atoms with Gasteiger partial charge in [0, 0.05) is 18.3 Å². The minimum Gasteiger partial charge on any atom is -0.309 e. The van der Waals surface area contributed by atoms with Gasteiger partial charge in [0.1, 0.15) is 0 Å². The zero-order valence-electron chi connectivity index (χ0n) is 8.42. The quantitative estimate of drug-likeness (QED) is 0.767. The van der Waals surface area contributed by atoms with E-state index in [1.54, 1.807) is 0 Å². The van der Waals surface area contributed by atoms with Gasteiger partial charge in [-0.15, -0.1) is 0 Å². The van der Waals surface area contributed by atoms with E-state index in [-0.39, 0.29) is 17.5 Å². The molecule has 0 bridgehead atoms. The van der Waals surface area contributed by atoms with E-state index in [0.29, 0.717) is 18.3 Å². The van der Waals surface area contributed by atoms with Gasteiger partial charge in [0.15, 0.2) is 11.6 Å². The van der Waals surface area contributed by atoms with Crippen LogP contribution in [0.4, 0.5) is 14.5 Å². The van der Waals surface area contributed by atoms with Crippen LogP contribution in [0.1, 0.15) is 6.42 Å². The third-order valence-corrected chi connectivity index (χ3v) is 3.56. The Morgan fingerprint density at radius 3 is 2.81 bits per heavy atom. The summed E-state index contributed by atoms with van der Waals surface area (Å²) in [5, 5.41) is 0.687. The maximum Gasteiger partial charge on any atom is 0.227 e. The lowest BCUT2D eigenvalue weighted by atomic mass is 10.2. The van der Waals surface area contributed by atoms with Gasteiger partial charge in [-0.2, -0.15) is 0 Å². The first-order valence-electron chi connectivity index (χ1n) is 4.94. The molecule has 1 fully saturated rings. The minimum absolute atomic E-state index is 0.0356. The van der Waals surface area contributed by atoms with Crippen molar-refractivity contribution in [3.63, 3.8) is 0 Å². The summed E-state index contributed by atoms with van der Waals surface area (Å²) in [6, 6.07) is 3.87. The Labute approximate surface area is 100 Å². The first-order chi connectivity index (χ1) is 7.63. The van der Waals surface area contributed by atoms with Crippen molar-refractivity contribution in [2.75, 3.05) is 16.8 Å². The number of halogens is 3. The summed E-state index contributed by atoms with van der Waals surface area (Å²) < 4.78 is 26.5. The molecule has 0 aromatic heterocycles. The number of hydrogen-bond acceptors (Lipinski definition) is 1. The molecule has 0 aliphatic carbocycles. The molecule has 0 spiro atoms. The normalized spacial score (nSPS) is 20.6. The third-order valence-electron chi connectivity index (χ3n) is 2.65. The summed E-state index contributed by atoms with van der Waals surface area (Å²) >= 11 is 3.29. The maximum absolute atomic E-state index is 13.5. The molecule has 1 heterocycles. The Balaban J connectivity index is 2.31. The van der Waals surface area contributed by atoms with Crippen LogP contribution in [-0.4, -0.2) is 17.8 Å². The van der Waals surface area contributed by atoms with E-state index in [9.17, 15) is 13.6 Å². The predicted octanol–water partition coefficient (Wildman–Crippen LogP) is 2.71. The second-order valence-corrected chi connectivity index (χ2v) is 4.45. The molecular weight excluding hydrogens is 280 g/mol. The highest BCUT2D eigenvalue weighted by molar-refractivity contribution is 9.09. The van der Waals surface area contributed by atoms with Gasteiger partial charge in [-0.3, -0.25) is 4.79 Å². The lowest BCUT2D eigenvalue weighted by Gasteiger charge is -2.17. The molecule has 0 N–H and O–H groups in total. The molecule has 1 unspecified atom stereocenters. The van der Waals surface area contributed by atoms with Gasteiger partial charge in [-0.05, 0) is 18.1 Å². The largest absolute Gasteiger partial charge is 0.309 e. The molecule has 1 atom stereocenters. The fourth-order valence-electron chi connectivity index (χ4n) is 1.82. The van der Waals surface area contributed by atoms with Crippen molar-refractivity contribution in [2.24, 2.45) is 5.92 Å². The minimum atomic E-state index is -0.953. The molecule has 1 amide bonds. The summed E-state index contributed by atoms with van der Waals surface area (Å²) in [5.74, 6) is -1.87. The summed E-state index contributed by atoms with van der Waals surface area (Å²) in [6.45, 7) is 0.435. The second-order valence-electron chi connectivity index (χ2n) is 3.80. The van der Waals surface area contributed by atoms with Gasteiger partial charge in [-0.25, -0.2) is 8.78 Å². The molecule has 5 heteroatoms. The number of anilines is 1. The van der Waals surface area contributed by atoms with Crippen LogP contribution in [0.25, 0.3) is 0 Å². The van der Waals surface area contributed by atoms with Crippen molar-refractivity contribution < 1.29 is 13.6 Å². The van der Waals surface area contributed by atoms with Crippen LogP contribution in [0.2, 0.25) is 0 Å². The van der Waals surface area contributed by atoms with Crippen LogP contribution in [0.5, 0.6) is 0 Å². The van der Waals surface area contributed by atoms with Crippen molar-refractivity contribution in [2.45, 2.75) is 6.42 Å². The highest BCUT2D eigenvalue weighted by Gasteiger charge is 2.31. The Morgan fingerprint density at radius 1 is 1.44 bits per heavy atom. The molecular formula is C11H10BrF2NO. The lowest BCUT2D eigenvalue weighted by molar-refractivity contribution is -0.117. The highest BCUT2D eigenvalue weighted by Crippen LogP contribution is 2.28. The Morgan fingerprint density at radius 2 is 2.19 bits per heavy atom.